The van der Waals surface area contributed by atoms with E-state index in [4.69, 9.17) is 16.0 Å². The van der Waals surface area contributed by atoms with Gasteiger partial charge < -0.3 is 9.73 Å². The molecule has 22 heavy (non-hydrogen) atoms. The Bertz CT molecular complexity index is 672. The lowest BCUT2D eigenvalue weighted by atomic mass is 10.2. The van der Waals surface area contributed by atoms with Gasteiger partial charge in [-0.1, -0.05) is 11.6 Å². The molecule has 0 radical (unpaired) electrons. The smallest absolute Gasteiger partial charge is 0.241 e. The van der Waals surface area contributed by atoms with Crippen molar-refractivity contribution >= 4 is 23.2 Å². The van der Waals surface area contributed by atoms with E-state index in [-0.39, 0.29) is 10.9 Å². The highest BCUT2D eigenvalue weighted by Gasteiger charge is 2.20. The van der Waals surface area contributed by atoms with Crippen LogP contribution in [0.1, 0.15) is 18.4 Å². The Hall–Kier alpha value is -1.85. The quantitative estimate of drug-likeness (QED) is 0.909. The number of carbonyl (C=O) groups excluding carboxylic acids is 1. The molecule has 0 aliphatic rings. The van der Waals surface area contributed by atoms with Crippen molar-refractivity contribution in [1.82, 2.24) is 4.90 Å². The van der Waals surface area contributed by atoms with Crippen LogP contribution in [0.5, 0.6) is 0 Å². The van der Waals surface area contributed by atoms with E-state index in [0.29, 0.717) is 12.2 Å². The molecule has 0 aliphatic carbocycles. The van der Waals surface area contributed by atoms with Gasteiger partial charge >= 0.3 is 0 Å². The predicted octanol–water partition coefficient (Wildman–Crippen LogP) is 3.84. The number of furan rings is 1. The van der Waals surface area contributed by atoms with E-state index in [0.717, 1.165) is 17.6 Å². The summed E-state index contributed by atoms with van der Waals surface area (Å²) in [6.45, 7) is 4.16. The molecular weight excluding hydrogens is 307 g/mol. The summed E-state index contributed by atoms with van der Waals surface area (Å²) in [6.07, 6.45) is 0. The van der Waals surface area contributed by atoms with Crippen molar-refractivity contribution < 1.29 is 13.6 Å². The van der Waals surface area contributed by atoms with Crippen molar-refractivity contribution in [1.29, 1.82) is 0 Å². The second kappa shape index (κ2) is 6.94. The molecule has 0 aliphatic heterocycles. The van der Waals surface area contributed by atoms with Crippen LogP contribution in [0.4, 0.5) is 10.1 Å². The second-order valence-electron chi connectivity index (χ2n) is 5.22. The van der Waals surface area contributed by atoms with E-state index in [2.05, 4.69) is 5.32 Å². The maximum Gasteiger partial charge on any atom is 0.241 e. The van der Waals surface area contributed by atoms with E-state index >= 15 is 0 Å². The number of amides is 1. The van der Waals surface area contributed by atoms with E-state index in [1.54, 1.807) is 6.92 Å². The van der Waals surface area contributed by atoms with Crippen LogP contribution in [-0.2, 0) is 11.3 Å². The van der Waals surface area contributed by atoms with Gasteiger partial charge in [0.05, 0.1) is 23.3 Å². The molecule has 1 amide bonds. The molecule has 0 saturated heterocycles. The van der Waals surface area contributed by atoms with Crippen LogP contribution in [0.3, 0.4) is 0 Å². The first kappa shape index (κ1) is 16.5. The average Bonchev–Trinajstić information content (AvgIpc) is 2.86. The molecule has 0 fully saturated rings. The molecule has 0 spiro atoms. The molecule has 1 atom stereocenters. The predicted molar refractivity (Wildman–Crippen MR) is 84.4 cm³/mol. The van der Waals surface area contributed by atoms with Crippen LogP contribution in [0, 0.1) is 12.7 Å². The number of aryl methyl sites for hydroxylation is 1. The van der Waals surface area contributed by atoms with E-state index in [1.807, 2.05) is 31.0 Å². The molecule has 118 valence electrons. The molecule has 1 heterocycles. The first-order valence-corrected chi connectivity index (χ1v) is 7.26. The highest BCUT2D eigenvalue weighted by molar-refractivity contribution is 6.33. The van der Waals surface area contributed by atoms with E-state index in [9.17, 15) is 9.18 Å². The lowest BCUT2D eigenvalue weighted by Crippen LogP contribution is -2.39. The molecule has 1 aromatic heterocycles. The summed E-state index contributed by atoms with van der Waals surface area (Å²) >= 11 is 5.91. The van der Waals surface area contributed by atoms with Gasteiger partial charge in [0, 0.05) is 0 Å². The highest BCUT2D eigenvalue weighted by Crippen LogP contribution is 2.23. The summed E-state index contributed by atoms with van der Waals surface area (Å²) in [6, 6.07) is 7.22. The Balaban J connectivity index is 1.98. The van der Waals surface area contributed by atoms with Gasteiger partial charge in [0.25, 0.3) is 0 Å². The molecule has 0 unspecified atom stereocenters. The molecule has 2 rings (SSSR count). The molecule has 4 nitrogen and oxygen atoms in total. The minimum atomic E-state index is -0.443. The summed E-state index contributed by atoms with van der Waals surface area (Å²) < 4.78 is 18.5. The number of nitrogens with one attached hydrogen (secondary N) is 1. The number of nitrogens with zero attached hydrogens (tertiary/aromatic N) is 1. The lowest BCUT2D eigenvalue weighted by molar-refractivity contribution is -0.120. The van der Waals surface area contributed by atoms with Crippen molar-refractivity contribution in [2.45, 2.75) is 26.4 Å². The zero-order valence-corrected chi connectivity index (χ0v) is 13.4. The third-order valence-corrected chi connectivity index (χ3v) is 3.74. The number of hydrogen-bond acceptors (Lipinski definition) is 3. The van der Waals surface area contributed by atoms with Gasteiger partial charge in [-0.25, -0.2) is 4.39 Å². The monoisotopic (exact) mass is 324 g/mol. The SMILES string of the molecule is Cc1ccc(CN(C)[C@@H](C)C(=O)Nc2ccc(F)cc2Cl)o1. The fourth-order valence-electron chi connectivity index (χ4n) is 1.98. The van der Waals surface area contributed by atoms with Crippen LogP contribution in [-0.4, -0.2) is 23.9 Å². The third-order valence-electron chi connectivity index (χ3n) is 3.43. The lowest BCUT2D eigenvalue weighted by Gasteiger charge is -2.23. The van der Waals surface area contributed by atoms with Crippen molar-refractivity contribution in [3.05, 3.63) is 52.7 Å². The summed E-state index contributed by atoms with van der Waals surface area (Å²) in [4.78, 5) is 14.1. The topological polar surface area (TPSA) is 45.5 Å². The number of benzene rings is 1. The molecule has 1 aromatic carbocycles. The summed E-state index contributed by atoms with van der Waals surface area (Å²) in [5, 5.41) is 2.87. The summed E-state index contributed by atoms with van der Waals surface area (Å²) in [7, 11) is 1.83. The van der Waals surface area contributed by atoms with Crippen LogP contribution in [0.15, 0.2) is 34.7 Å². The fourth-order valence-corrected chi connectivity index (χ4v) is 2.20. The van der Waals surface area contributed by atoms with Crippen molar-refractivity contribution in [3.8, 4) is 0 Å². The second-order valence-corrected chi connectivity index (χ2v) is 5.62. The Labute approximate surface area is 133 Å². The Kier molecular flexibility index (Phi) is 5.21. The minimum absolute atomic E-state index is 0.171. The Morgan fingerprint density at radius 2 is 2.14 bits per heavy atom. The standard InChI is InChI=1S/C16H18ClFN2O2/c1-10-4-6-13(22-10)9-20(3)11(2)16(21)19-15-7-5-12(18)8-14(15)17/h4-8,11H,9H2,1-3H3,(H,19,21)/t11-/m0/s1. The third kappa shape index (κ3) is 4.08. The Morgan fingerprint density at radius 1 is 1.41 bits per heavy atom. The molecule has 0 saturated carbocycles. The first-order valence-electron chi connectivity index (χ1n) is 6.88. The van der Waals surface area contributed by atoms with Gasteiger partial charge in [-0.2, -0.15) is 0 Å². The zero-order valence-electron chi connectivity index (χ0n) is 12.7. The number of likely N-dealkylation sites (N-methyl/N-ethyl adjacent to an activating group) is 1. The van der Waals surface area contributed by atoms with Gasteiger partial charge in [0.2, 0.25) is 5.91 Å². The van der Waals surface area contributed by atoms with Gasteiger partial charge in [-0.3, -0.25) is 9.69 Å². The van der Waals surface area contributed by atoms with Gasteiger partial charge in [0.1, 0.15) is 17.3 Å². The van der Waals surface area contributed by atoms with Crippen molar-refractivity contribution in [2.24, 2.45) is 0 Å². The zero-order chi connectivity index (χ0) is 16.3. The molecule has 0 bridgehead atoms. The fraction of sp³-hybridized carbons (Fsp3) is 0.312. The first-order chi connectivity index (χ1) is 10.4. The normalized spacial score (nSPS) is 12.5. The van der Waals surface area contributed by atoms with Crippen LogP contribution in [0.25, 0.3) is 0 Å². The number of anilines is 1. The number of hydrogen-bond donors (Lipinski definition) is 1. The van der Waals surface area contributed by atoms with E-state index < -0.39 is 11.9 Å². The van der Waals surface area contributed by atoms with Crippen LogP contribution < -0.4 is 5.32 Å². The van der Waals surface area contributed by atoms with Crippen molar-refractivity contribution in [3.63, 3.8) is 0 Å². The van der Waals surface area contributed by atoms with Crippen LogP contribution in [0.2, 0.25) is 5.02 Å². The average molecular weight is 325 g/mol. The van der Waals surface area contributed by atoms with Crippen LogP contribution >= 0.6 is 11.6 Å². The molecular formula is C16H18ClFN2O2. The Morgan fingerprint density at radius 3 is 2.73 bits per heavy atom. The largest absolute Gasteiger partial charge is 0.465 e. The molecule has 1 N–H and O–H groups in total. The number of halogens is 2. The minimum Gasteiger partial charge on any atom is -0.465 e. The molecule has 2 aromatic rings. The summed E-state index contributed by atoms with van der Waals surface area (Å²) in [5.41, 5.74) is 0.391. The summed E-state index contributed by atoms with van der Waals surface area (Å²) in [5.74, 6) is 0.957. The number of carbonyl (C=O) groups is 1. The highest BCUT2D eigenvalue weighted by atomic mass is 35.5. The molecule has 6 heteroatoms. The maximum absolute atomic E-state index is 13.0. The van der Waals surface area contributed by atoms with Gasteiger partial charge in [0.15, 0.2) is 0 Å². The van der Waals surface area contributed by atoms with E-state index in [1.165, 1.54) is 12.1 Å². The van der Waals surface area contributed by atoms with Gasteiger partial charge in [-0.15, -0.1) is 0 Å². The number of rotatable bonds is 5. The van der Waals surface area contributed by atoms with Crippen molar-refractivity contribution in [2.75, 3.05) is 12.4 Å². The maximum atomic E-state index is 13.0. The van der Waals surface area contributed by atoms with Gasteiger partial charge in [-0.05, 0) is 51.2 Å².